The maximum Gasteiger partial charge on any atom is 0.111 e. The summed E-state index contributed by atoms with van der Waals surface area (Å²) in [6.07, 6.45) is -5.65. The van der Waals surface area contributed by atoms with E-state index >= 15 is 0 Å². The van der Waals surface area contributed by atoms with E-state index in [0.29, 0.717) is 0 Å². The Bertz CT molecular complexity index is 136. The van der Waals surface area contributed by atoms with Crippen LogP contribution in [0.15, 0.2) is 0 Å². The fourth-order valence-corrected chi connectivity index (χ4v) is 0.893. The van der Waals surface area contributed by atoms with Crippen LogP contribution in [0.25, 0.3) is 0 Å². The van der Waals surface area contributed by atoms with Crippen LogP contribution in [0, 0.1) is 0 Å². The maximum absolute atomic E-state index is 9.21. The Kier molecular flexibility index (Phi) is 11.8. The third-order valence-electron chi connectivity index (χ3n) is 1.74. The van der Waals surface area contributed by atoms with Crippen LogP contribution in [-0.4, -0.2) is 70.1 Å². The van der Waals surface area contributed by atoms with Crippen LogP contribution in [0.5, 0.6) is 0 Å². The van der Waals surface area contributed by atoms with E-state index in [1.54, 1.807) is 7.05 Å². The standard InChI is InChI=1S/C7H17NO5.C2H6/c1-8-2-4(10)6(12)7(13)5(11)3-9;1-2/h4-13H,2-3H2,1H3;1-2H3. The Morgan fingerprint density at radius 1 is 0.933 bits per heavy atom. The van der Waals surface area contributed by atoms with Crippen LogP contribution in [0.2, 0.25) is 0 Å². The first-order valence-electron chi connectivity index (χ1n) is 5.02. The largest absolute Gasteiger partial charge is 0.394 e. The number of likely N-dealkylation sites (N-methyl/N-ethyl adjacent to an activating group) is 1. The molecular formula is C9H23NO5. The summed E-state index contributed by atoms with van der Waals surface area (Å²) >= 11 is 0. The molecule has 0 aliphatic carbocycles. The van der Waals surface area contributed by atoms with Gasteiger partial charge in [-0.25, -0.2) is 0 Å². The van der Waals surface area contributed by atoms with Gasteiger partial charge >= 0.3 is 0 Å². The van der Waals surface area contributed by atoms with Crippen LogP contribution >= 0.6 is 0 Å². The van der Waals surface area contributed by atoms with Gasteiger partial charge in [-0.3, -0.25) is 0 Å². The quantitative estimate of drug-likeness (QED) is 0.302. The van der Waals surface area contributed by atoms with Crippen molar-refractivity contribution in [2.24, 2.45) is 0 Å². The highest BCUT2D eigenvalue weighted by atomic mass is 16.4. The van der Waals surface area contributed by atoms with Crippen molar-refractivity contribution in [3.63, 3.8) is 0 Å². The summed E-state index contributed by atoms with van der Waals surface area (Å²) in [6.45, 7) is 3.43. The molecule has 0 aromatic rings. The highest BCUT2D eigenvalue weighted by Gasteiger charge is 2.29. The van der Waals surface area contributed by atoms with Crippen molar-refractivity contribution in [1.29, 1.82) is 0 Å². The molecule has 0 fully saturated rings. The first kappa shape index (κ1) is 17.2. The van der Waals surface area contributed by atoms with Crippen LogP contribution in [0.3, 0.4) is 0 Å². The number of aliphatic hydroxyl groups is 5. The van der Waals surface area contributed by atoms with E-state index in [0.717, 1.165) is 0 Å². The van der Waals surface area contributed by atoms with Gasteiger partial charge in [-0.15, -0.1) is 0 Å². The molecule has 0 amide bonds. The van der Waals surface area contributed by atoms with Gasteiger partial charge in [0.25, 0.3) is 0 Å². The normalized spacial score (nSPS) is 18.4. The van der Waals surface area contributed by atoms with E-state index in [2.05, 4.69) is 5.32 Å². The van der Waals surface area contributed by atoms with Gasteiger partial charge in [0, 0.05) is 6.54 Å². The maximum atomic E-state index is 9.21. The minimum atomic E-state index is -1.55. The molecule has 94 valence electrons. The van der Waals surface area contributed by atoms with Crippen molar-refractivity contribution in [1.82, 2.24) is 5.32 Å². The zero-order chi connectivity index (χ0) is 12.4. The van der Waals surface area contributed by atoms with Gasteiger partial charge in [0.1, 0.15) is 18.3 Å². The zero-order valence-electron chi connectivity index (χ0n) is 9.46. The van der Waals surface area contributed by atoms with Crippen molar-refractivity contribution in [2.45, 2.75) is 38.3 Å². The summed E-state index contributed by atoms with van der Waals surface area (Å²) in [5.74, 6) is 0. The van der Waals surface area contributed by atoms with Gasteiger partial charge in [0.2, 0.25) is 0 Å². The Hall–Kier alpha value is -0.240. The summed E-state index contributed by atoms with van der Waals surface area (Å²) in [4.78, 5) is 0. The summed E-state index contributed by atoms with van der Waals surface area (Å²) in [6, 6.07) is 0. The topological polar surface area (TPSA) is 113 Å². The molecule has 15 heavy (non-hydrogen) atoms. The molecule has 0 saturated carbocycles. The number of aliphatic hydroxyl groups excluding tert-OH is 5. The van der Waals surface area contributed by atoms with Crippen LogP contribution < -0.4 is 5.32 Å². The average molecular weight is 225 g/mol. The predicted molar refractivity (Wildman–Crippen MR) is 56.4 cm³/mol. The second-order valence-corrected chi connectivity index (χ2v) is 2.86. The van der Waals surface area contributed by atoms with Gasteiger partial charge in [0.05, 0.1) is 12.7 Å². The van der Waals surface area contributed by atoms with E-state index in [1.165, 1.54) is 0 Å². The Balaban J connectivity index is 0. The number of rotatable bonds is 6. The second kappa shape index (κ2) is 10.3. The Morgan fingerprint density at radius 2 is 1.33 bits per heavy atom. The SMILES string of the molecule is CC.CNCC(O)C(O)C(O)C(O)CO. The first-order valence-corrected chi connectivity index (χ1v) is 5.02. The van der Waals surface area contributed by atoms with E-state index in [-0.39, 0.29) is 6.54 Å². The van der Waals surface area contributed by atoms with Crippen molar-refractivity contribution in [3.8, 4) is 0 Å². The van der Waals surface area contributed by atoms with Crippen molar-refractivity contribution >= 4 is 0 Å². The van der Waals surface area contributed by atoms with Crippen LogP contribution in [0.4, 0.5) is 0 Å². The molecule has 4 unspecified atom stereocenters. The molecule has 4 atom stereocenters. The third-order valence-corrected chi connectivity index (χ3v) is 1.74. The van der Waals surface area contributed by atoms with Crippen molar-refractivity contribution < 1.29 is 25.5 Å². The Morgan fingerprint density at radius 3 is 1.67 bits per heavy atom. The minimum absolute atomic E-state index is 0.0936. The number of hydrogen-bond donors (Lipinski definition) is 6. The summed E-state index contributed by atoms with van der Waals surface area (Å²) < 4.78 is 0. The third kappa shape index (κ3) is 6.77. The molecule has 0 saturated heterocycles. The van der Waals surface area contributed by atoms with Crippen molar-refractivity contribution in [2.75, 3.05) is 20.2 Å². The van der Waals surface area contributed by atoms with Crippen LogP contribution in [-0.2, 0) is 0 Å². The average Bonchev–Trinajstić information content (AvgIpc) is 2.29. The van der Waals surface area contributed by atoms with Gasteiger partial charge in [-0.2, -0.15) is 0 Å². The number of nitrogens with one attached hydrogen (secondary N) is 1. The summed E-state index contributed by atoms with van der Waals surface area (Å²) in [7, 11) is 1.57. The molecule has 6 nitrogen and oxygen atoms in total. The lowest BCUT2D eigenvalue weighted by Gasteiger charge is -2.25. The van der Waals surface area contributed by atoms with Gasteiger partial charge < -0.3 is 30.8 Å². The van der Waals surface area contributed by atoms with Crippen molar-refractivity contribution in [3.05, 3.63) is 0 Å². The molecule has 6 heteroatoms. The van der Waals surface area contributed by atoms with E-state index in [9.17, 15) is 5.11 Å². The molecule has 0 aromatic heterocycles. The lowest BCUT2D eigenvalue weighted by Crippen LogP contribution is -2.48. The van der Waals surface area contributed by atoms with Gasteiger partial charge in [-0.05, 0) is 7.05 Å². The van der Waals surface area contributed by atoms with E-state index in [1.807, 2.05) is 13.8 Å². The fraction of sp³-hybridized carbons (Fsp3) is 1.00. The molecular weight excluding hydrogens is 202 g/mol. The first-order chi connectivity index (χ1) is 7.04. The molecule has 0 aliphatic rings. The lowest BCUT2D eigenvalue weighted by molar-refractivity contribution is -0.113. The second-order valence-electron chi connectivity index (χ2n) is 2.86. The monoisotopic (exact) mass is 225 g/mol. The minimum Gasteiger partial charge on any atom is -0.394 e. The molecule has 0 bridgehead atoms. The highest BCUT2D eigenvalue weighted by molar-refractivity contribution is 4.81. The van der Waals surface area contributed by atoms with Crippen LogP contribution in [0.1, 0.15) is 13.8 Å². The molecule has 0 radical (unpaired) electrons. The molecule has 6 N–H and O–H groups in total. The molecule has 0 spiro atoms. The molecule has 0 aromatic carbocycles. The highest BCUT2D eigenvalue weighted by Crippen LogP contribution is 2.04. The summed E-state index contributed by atoms with van der Waals surface area (Å²) in [5.41, 5.74) is 0. The molecule has 0 rings (SSSR count). The molecule has 0 aliphatic heterocycles. The Labute approximate surface area is 90.2 Å². The van der Waals surface area contributed by atoms with E-state index in [4.69, 9.17) is 20.4 Å². The summed E-state index contributed by atoms with van der Waals surface area (Å²) in [5, 5.41) is 47.5. The lowest BCUT2D eigenvalue weighted by atomic mass is 10.0. The van der Waals surface area contributed by atoms with Gasteiger partial charge in [0.15, 0.2) is 0 Å². The van der Waals surface area contributed by atoms with Gasteiger partial charge in [-0.1, -0.05) is 13.8 Å². The smallest absolute Gasteiger partial charge is 0.111 e. The molecule has 0 heterocycles. The number of hydrogen-bond acceptors (Lipinski definition) is 6. The van der Waals surface area contributed by atoms with E-state index < -0.39 is 31.0 Å². The zero-order valence-corrected chi connectivity index (χ0v) is 9.46. The fourth-order valence-electron chi connectivity index (χ4n) is 0.893. The predicted octanol–water partition coefficient (Wildman–Crippen LogP) is -2.33.